The lowest BCUT2D eigenvalue weighted by molar-refractivity contribution is -0.00128. The number of amides is 1. The summed E-state index contributed by atoms with van der Waals surface area (Å²) in [6, 6.07) is 3.52. The molecule has 0 N–H and O–H groups in total. The van der Waals surface area contributed by atoms with E-state index >= 15 is 0 Å². The number of nitrogens with zero attached hydrogens (tertiary/aromatic N) is 5. The molecule has 1 atom stereocenters. The molecule has 194 valence electrons. The van der Waals surface area contributed by atoms with Gasteiger partial charge in [0.25, 0.3) is 0 Å². The lowest BCUT2D eigenvalue weighted by atomic mass is 9.78. The van der Waals surface area contributed by atoms with Crippen LogP contribution in [0.25, 0.3) is 11.1 Å². The number of hydrogen-bond acceptors (Lipinski definition) is 7. The molecule has 0 unspecified atom stereocenters. The van der Waals surface area contributed by atoms with Crippen molar-refractivity contribution in [2.75, 3.05) is 64.4 Å². The molecule has 9 heteroatoms. The van der Waals surface area contributed by atoms with E-state index in [2.05, 4.69) is 19.8 Å². The minimum Gasteiger partial charge on any atom is -0.481 e. The number of aryl methyl sites for hydroxylation is 1. The Labute approximate surface area is 212 Å². The van der Waals surface area contributed by atoms with Gasteiger partial charge in [-0.1, -0.05) is 0 Å². The number of carbonyl (C=O) groups is 1. The van der Waals surface area contributed by atoms with E-state index < -0.39 is 0 Å². The third kappa shape index (κ3) is 4.98. The predicted molar refractivity (Wildman–Crippen MR) is 136 cm³/mol. The second-order valence-electron chi connectivity index (χ2n) is 10.5. The summed E-state index contributed by atoms with van der Waals surface area (Å²) < 4.78 is 24.6. The van der Waals surface area contributed by atoms with Crippen LogP contribution in [-0.4, -0.2) is 85.4 Å². The van der Waals surface area contributed by atoms with E-state index in [0.29, 0.717) is 23.8 Å². The van der Waals surface area contributed by atoms with Crippen molar-refractivity contribution < 1.29 is 18.7 Å². The van der Waals surface area contributed by atoms with Crippen LogP contribution < -0.4 is 9.64 Å². The molecule has 4 heterocycles. The van der Waals surface area contributed by atoms with Gasteiger partial charge in [-0.25, -0.2) is 19.2 Å². The summed E-state index contributed by atoms with van der Waals surface area (Å²) in [4.78, 5) is 27.5. The van der Waals surface area contributed by atoms with Crippen molar-refractivity contribution >= 4 is 11.9 Å². The summed E-state index contributed by atoms with van der Waals surface area (Å²) in [6.07, 6.45) is 6.47. The van der Waals surface area contributed by atoms with E-state index in [1.807, 2.05) is 24.8 Å². The lowest BCUT2D eigenvalue weighted by Gasteiger charge is -2.47. The summed E-state index contributed by atoms with van der Waals surface area (Å²) in [5, 5.41) is 0. The SMILES string of the molecule is CCOC(=O)N1CC2(CC[C@@H](CN3CCN(c4ncc(F)cc4-c4cnc(OC)c(C)c4)CC3)C2)C1. The molecule has 3 fully saturated rings. The molecule has 1 saturated carbocycles. The second-order valence-corrected chi connectivity index (χ2v) is 10.5. The summed E-state index contributed by atoms with van der Waals surface area (Å²) in [5.74, 6) is 1.69. The van der Waals surface area contributed by atoms with Crippen LogP contribution in [0, 0.1) is 24.1 Å². The molecular formula is C27H36FN5O3. The quantitative estimate of drug-likeness (QED) is 0.598. The second kappa shape index (κ2) is 10.2. The van der Waals surface area contributed by atoms with Gasteiger partial charge in [0.05, 0.1) is 19.9 Å². The lowest BCUT2D eigenvalue weighted by Crippen LogP contribution is -2.57. The number of carbonyl (C=O) groups excluding carboxylic acids is 1. The van der Waals surface area contributed by atoms with Crippen molar-refractivity contribution in [2.24, 2.45) is 11.3 Å². The van der Waals surface area contributed by atoms with Crippen molar-refractivity contribution in [3.8, 4) is 17.0 Å². The Bertz CT molecular complexity index is 1100. The topological polar surface area (TPSA) is 71.0 Å². The first-order valence-corrected chi connectivity index (χ1v) is 13.0. The number of methoxy groups -OCH3 is 1. The highest BCUT2D eigenvalue weighted by atomic mass is 19.1. The van der Waals surface area contributed by atoms with Gasteiger partial charge in [-0.2, -0.15) is 0 Å². The highest BCUT2D eigenvalue weighted by molar-refractivity contribution is 5.76. The number of pyridine rings is 2. The summed E-state index contributed by atoms with van der Waals surface area (Å²) in [7, 11) is 1.60. The largest absolute Gasteiger partial charge is 0.481 e. The monoisotopic (exact) mass is 497 g/mol. The maximum absolute atomic E-state index is 14.2. The van der Waals surface area contributed by atoms with E-state index in [0.717, 1.165) is 68.3 Å². The number of halogens is 1. The standard InChI is InChI=1S/C27H36FN5O3/c1-4-36-26(34)33-17-27(18-33)6-5-20(13-27)16-31-7-9-32(10-8-31)24-23(12-22(28)15-29-24)21-11-19(2)25(35-3)30-14-21/h11-12,14-15,20H,4-10,13,16-18H2,1-3H3/t20-/m1/s1. The van der Waals surface area contributed by atoms with Crippen LogP contribution in [-0.2, 0) is 4.74 Å². The van der Waals surface area contributed by atoms with Crippen LogP contribution in [0.3, 0.4) is 0 Å². The minimum atomic E-state index is -0.353. The van der Waals surface area contributed by atoms with Crippen molar-refractivity contribution in [3.05, 3.63) is 35.9 Å². The van der Waals surface area contributed by atoms with Crippen LogP contribution in [0.5, 0.6) is 5.88 Å². The van der Waals surface area contributed by atoms with Crippen molar-refractivity contribution in [3.63, 3.8) is 0 Å². The fourth-order valence-electron chi connectivity index (χ4n) is 6.20. The van der Waals surface area contributed by atoms with E-state index in [1.165, 1.54) is 25.5 Å². The van der Waals surface area contributed by atoms with Gasteiger partial charge in [0.1, 0.15) is 11.6 Å². The molecule has 1 amide bonds. The van der Waals surface area contributed by atoms with Gasteiger partial charge in [-0.3, -0.25) is 4.90 Å². The van der Waals surface area contributed by atoms with Crippen LogP contribution in [0.15, 0.2) is 24.5 Å². The van der Waals surface area contributed by atoms with Gasteiger partial charge in [0, 0.05) is 74.1 Å². The maximum Gasteiger partial charge on any atom is 0.409 e. The highest BCUT2D eigenvalue weighted by Gasteiger charge is 2.50. The number of rotatable bonds is 6. The zero-order valence-electron chi connectivity index (χ0n) is 21.5. The van der Waals surface area contributed by atoms with Crippen LogP contribution in [0.4, 0.5) is 15.0 Å². The average Bonchev–Trinajstić information content (AvgIpc) is 3.28. The first-order chi connectivity index (χ1) is 17.4. The molecule has 2 aromatic rings. The zero-order chi connectivity index (χ0) is 25.3. The molecule has 0 aromatic carbocycles. The van der Waals surface area contributed by atoms with Crippen LogP contribution >= 0.6 is 0 Å². The Hall–Kier alpha value is -2.94. The third-order valence-electron chi connectivity index (χ3n) is 7.94. The van der Waals surface area contributed by atoms with Crippen molar-refractivity contribution in [2.45, 2.75) is 33.1 Å². The Morgan fingerprint density at radius 1 is 1.17 bits per heavy atom. The third-order valence-corrected chi connectivity index (χ3v) is 7.94. The molecule has 1 aliphatic carbocycles. The number of anilines is 1. The molecule has 2 aromatic heterocycles. The van der Waals surface area contributed by atoms with E-state index in [-0.39, 0.29) is 11.9 Å². The molecule has 1 spiro atoms. The molecule has 8 nitrogen and oxygen atoms in total. The number of piperazine rings is 1. The molecule has 0 bridgehead atoms. The van der Waals surface area contributed by atoms with Gasteiger partial charge >= 0.3 is 6.09 Å². The minimum absolute atomic E-state index is 0.169. The first-order valence-electron chi connectivity index (χ1n) is 13.0. The number of likely N-dealkylation sites (tertiary alicyclic amines) is 1. The van der Waals surface area contributed by atoms with Crippen LogP contribution in [0.2, 0.25) is 0 Å². The average molecular weight is 498 g/mol. The molecule has 2 aliphatic heterocycles. The first kappa shape index (κ1) is 24.7. The van der Waals surface area contributed by atoms with Crippen molar-refractivity contribution in [1.82, 2.24) is 19.8 Å². The molecular weight excluding hydrogens is 461 g/mol. The zero-order valence-corrected chi connectivity index (χ0v) is 21.5. The number of ether oxygens (including phenoxy) is 2. The Morgan fingerprint density at radius 3 is 2.64 bits per heavy atom. The molecule has 5 rings (SSSR count). The molecule has 3 aliphatic rings. The normalized spacial score (nSPS) is 21.5. The van der Waals surface area contributed by atoms with Gasteiger partial charge in [-0.15, -0.1) is 0 Å². The van der Waals surface area contributed by atoms with Gasteiger partial charge in [0.15, 0.2) is 0 Å². The Morgan fingerprint density at radius 2 is 1.94 bits per heavy atom. The van der Waals surface area contributed by atoms with E-state index in [4.69, 9.17) is 9.47 Å². The Balaban J connectivity index is 1.17. The number of hydrogen-bond donors (Lipinski definition) is 0. The van der Waals surface area contributed by atoms with Crippen LogP contribution in [0.1, 0.15) is 31.7 Å². The van der Waals surface area contributed by atoms with Crippen molar-refractivity contribution in [1.29, 1.82) is 0 Å². The van der Waals surface area contributed by atoms with Gasteiger partial charge < -0.3 is 19.3 Å². The summed E-state index contributed by atoms with van der Waals surface area (Å²) in [6.45, 7) is 10.6. The fourth-order valence-corrected chi connectivity index (χ4v) is 6.20. The Kier molecular flexibility index (Phi) is 7.01. The molecule has 36 heavy (non-hydrogen) atoms. The fraction of sp³-hybridized carbons (Fsp3) is 0.593. The predicted octanol–water partition coefficient (Wildman–Crippen LogP) is 3.98. The summed E-state index contributed by atoms with van der Waals surface area (Å²) >= 11 is 0. The highest BCUT2D eigenvalue weighted by Crippen LogP contribution is 2.48. The maximum atomic E-state index is 14.2. The summed E-state index contributed by atoms with van der Waals surface area (Å²) in [5.41, 5.74) is 2.81. The molecule has 2 saturated heterocycles. The van der Waals surface area contributed by atoms with Gasteiger partial charge in [-0.05, 0) is 51.2 Å². The van der Waals surface area contributed by atoms with E-state index in [9.17, 15) is 9.18 Å². The van der Waals surface area contributed by atoms with Gasteiger partial charge in [0.2, 0.25) is 5.88 Å². The number of aromatic nitrogens is 2. The van der Waals surface area contributed by atoms with E-state index in [1.54, 1.807) is 19.4 Å². The molecule has 0 radical (unpaired) electrons. The smallest absolute Gasteiger partial charge is 0.409 e.